The normalized spacial score (nSPS) is 21.5. The van der Waals surface area contributed by atoms with Crippen LogP contribution in [0.3, 0.4) is 0 Å². The summed E-state index contributed by atoms with van der Waals surface area (Å²) in [6.07, 6.45) is 0.992. The number of hydroxylamine groups is 2. The second-order valence-corrected chi connectivity index (χ2v) is 4.99. The molecule has 0 saturated heterocycles. The third-order valence-corrected chi connectivity index (χ3v) is 3.41. The predicted molar refractivity (Wildman–Crippen MR) is 63.1 cm³/mol. The Balaban J connectivity index is 0.00000144. The number of hydrogen-bond acceptors (Lipinski definition) is 2. The summed E-state index contributed by atoms with van der Waals surface area (Å²) >= 11 is 3.38. The number of benzene rings is 1. The van der Waals surface area contributed by atoms with E-state index in [1.165, 1.54) is 5.56 Å². The summed E-state index contributed by atoms with van der Waals surface area (Å²) < 4.78 is 1.05. The number of amides is 2. The average molecular weight is 324 g/mol. The molecule has 0 aliphatic heterocycles. The van der Waals surface area contributed by atoms with Gasteiger partial charge >= 0.3 is 57.4 Å². The molecule has 86 valence electrons. The van der Waals surface area contributed by atoms with Crippen molar-refractivity contribution in [3.63, 3.8) is 0 Å². The predicted octanol–water partition coefficient (Wildman–Crippen LogP) is -0.673. The Hall–Kier alpha value is 0.566. The molecule has 0 bridgehead atoms. The van der Waals surface area contributed by atoms with E-state index in [2.05, 4.69) is 28.1 Å². The molecule has 4 nitrogen and oxygen atoms in total. The molecular formula is C11H13BrKN2O2+. The average Bonchev–Trinajstić information content (AvgIpc) is 2.98. The zero-order valence-corrected chi connectivity index (χ0v) is 14.3. The van der Waals surface area contributed by atoms with Gasteiger partial charge in [0.05, 0.1) is 6.54 Å². The van der Waals surface area contributed by atoms with E-state index in [0.717, 1.165) is 10.9 Å². The minimum atomic E-state index is -0.790. The molecule has 0 spiro atoms. The van der Waals surface area contributed by atoms with Crippen molar-refractivity contribution in [2.24, 2.45) is 11.7 Å². The largest absolute Gasteiger partial charge is 1.00 e. The zero-order chi connectivity index (χ0) is 11.7. The van der Waals surface area contributed by atoms with Crippen LogP contribution in [0.15, 0.2) is 28.7 Å². The molecule has 17 heavy (non-hydrogen) atoms. The van der Waals surface area contributed by atoms with Crippen LogP contribution in [-0.4, -0.2) is 22.8 Å². The van der Waals surface area contributed by atoms with Crippen molar-refractivity contribution in [2.45, 2.75) is 12.3 Å². The van der Waals surface area contributed by atoms with E-state index in [1.54, 1.807) is 0 Å². The van der Waals surface area contributed by atoms with E-state index < -0.39 is 6.03 Å². The fourth-order valence-corrected chi connectivity index (χ4v) is 2.14. The van der Waals surface area contributed by atoms with Gasteiger partial charge in [-0.3, -0.25) is 5.21 Å². The van der Waals surface area contributed by atoms with Gasteiger partial charge < -0.3 is 5.73 Å². The quantitative estimate of drug-likeness (QED) is 0.440. The van der Waals surface area contributed by atoms with Crippen LogP contribution < -0.4 is 57.1 Å². The molecule has 0 aromatic heterocycles. The van der Waals surface area contributed by atoms with Crippen LogP contribution in [0.1, 0.15) is 17.9 Å². The first-order valence-corrected chi connectivity index (χ1v) is 5.88. The molecule has 2 rings (SSSR count). The summed E-state index contributed by atoms with van der Waals surface area (Å²) in [7, 11) is 0. The first kappa shape index (κ1) is 15.6. The van der Waals surface area contributed by atoms with Gasteiger partial charge in [0.15, 0.2) is 0 Å². The van der Waals surface area contributed by atoms with Crippen molar-refractivity contribution >= 4 is 22.0 Å². The van der Waals surface area contributed by atoms with Crippen LogP contribution in [0.5, 0.6) is 0 Å². The summed E-state index contributed by atoms with van der Waals surface area (Å²) in [4.78, 5) is 10.6. The van der Waals surface area contributed by atoms with Crippen molar-refractivity contribution in [1.29, 1.82) is 0 Å². The number of halogens is 1. The Morgan fingerprint density at radius 2 is 2.06 bits per heavy atom. The topological polar surface area (TPSA) is 66.6 Å². The number of hydrogen-bond donors (Lipinski definition) is 2. The van der Waals surface area contributed by atoms with Crippen molar-refractivity contribution in [3.8, 4) is 0 Å². The monoisotopic (exact) mass is 323 g/mol. The Morgan fingerprint density at radius 3 is 2.59 bits per heavy atom. The maximum absolute atomic E-state index is 10.6. The second-order valence-electron chi connectivity index (χ2n) is 4.07. The molecule has 6 heteroatoms. The number of nitrogens with zero attached hydrogens (tertiary/aromatic N) is 1. The standard InChI is InChI=1S/C11H13BrN2O2.K/c12-9-3-1-7(2-4-9)10-5-8(10)6-14(16)11(13)15;/h1-4,8,10,16H,5-6H2,(H2,13,15);/q;+1. The summed E-state index contributed by atoms with van der Waals surface area (Å²) in [5, 5.41) is 9.78. The first-order valence-electron chi connectivity index (χ1n) is 5.09. The van der Waals surface area contributed by atoms with Gasteiger partial charge in [-0.1, -0.05) is 28.1 Å². The second kappa shape index (κ2) is 6.65. The Morgan fingerprint density at radius 1 is 1.47 bits per heavy atom. The minimum absolute atomic E-state index is 0. The molecule has 3 N–H and O–H groups in total. The third-order valence-electron chi connectivity index (χ3n) is 2.88. The smallest absolute Gasteiger partial charge is 0.350 e. The van der Waals surface area contributed by atoms with Gasteiger partial charge in [0, 0.05) is 4.47 Å². The van der Waals surface area contributed by atoms with E-state index in [0.29, 0.717) is 23.4 Å². The molecule has 0 heterocycles. The van der Waals surface area contributed by atoms with E-state index in [9.17, 15) is 10.0 Å². The van der Waals surface area contributed by atoms with Gasteiger partial charge in [-0.05, 0) is 36.0 Å². The molecule has 2 unspecified atom stereocenters. The molecule has 2 amide bonds. The molecule has 1 aromatic carbocycles. The van der Waals surface area contributed by atoms with Gasteiger partial charge in [-0.25, -0.2) is 9.86 Å². The molecule has 1 aliphatic rings. The number of rotatable bonds is 3. The molecular weight excluding hydrogens is 311 g/mol. The summed E-state index contributed by atoms with van der Waals surface area (Å²) in [5.41, 5.74) is 6.19. The molecule has 1 saturated carbocycles. The van der Waals surface area contributed by atoms with Gasteiger partial charge in [0.1, 0.15) is 0 Å². The van der Waals surface area contributed by atoms with E-state index in [-0.39, 0.29) is 51.4 Å². The summed E-state index contributed by atoms with van der Waals surface area (Å²) in [5.74, 6) is 0.751. The molecule has 0 radical (unpaired) electrons. The van der Waals surface area contributed by atoms with E-state index >= 15 is 0 Å². The van der Waals surface area contributed by atoms with Crippen LogP contribution in [0.2, 0.25) is 0 Å². The summed E-state index contributed by atoms with van der Waals surface area (Å²) in [6, 6.07) is 7.31. The van der Waals surface area contributed by atoms with Crippen molar-refractivity contribution in [2.75, 3.05) is 6.54 Å². The van der Waals surface area contributed by atoms with Crippen molar-refractivity contribution < 1.29 is 61.4 Å². The number of urea groups is 1. The fourth-order valence-electron chi connectivity index (χ4n) is 1.88. The van der Waals surface area contributed by atoms with Crippen LogP contribution in [-0.2, 0) is 0 Å². The number of primary amides is 1. The number of carbonyl (C=O) groups excluding carboxylic acids is 1. The Labute approximate surface area is 151 Å². The van der Waals surface area contributed by atoms with Crippen LogP contribution >= 0.6 is 15.9 Å². The Kier molecular flexibility index (Phi) is 6.11. The minimum Gasteiger partial charge on any atom is -0.350 e. The van der Waals surface area contributed by atoms with Gasteiger partial charge in [-0.2, -0.15) is 0 Å². The third kappa shape index (κ3) is 4.31. The maximum Gasteiger partial charge on any atom is 1.00 e. The molecule has 1 aliphatic carbocycles. The van der Waals surface area contributed by atoms with Crippen LogP contribution in [0.4, 0.5) is 4.79 Å². The SMILES string of the molecule is NC(=O)N(O)CC1CC1c1ccc(Br)cc1.[K+]. The van der Waals surface area contributed by atoms with Crippen LogP contribution in [0, 0.1) is 5.92 Å². The number of carbonyl (C=O) groups is 1. The van der Waals surface area contributed by atoms with Crippen LogP contribution in [0.25, 0.3) is 0 Å². The molecule has 2 atom stereocenters. The van der Waals surface area contributed by atoms with E-state index in [4.69, 9.17) is 5.73 Å². The van der Waals surface area contributed by atoms with Crippen molar-refractivity contribution in [1.82, 2.24) is 5.06 Å². The Bertz CT molecular complexity index is 399. The van der Waals surface area contributed by atoms with Gasteiger partial charge in [0.2, 0.25) is 0 Å². The number of nitrogens with two attached hydrogens (primary N) is 1. The fraction of sp³-hybridized carbons (Fsp3) is 0.364. The maximum atomic E-state index is 10.6. The molecule has 1 fully saturated rings. The van der Waals surface area contributed by atoms with E-state index in [1.807, 2.05) is 12.1 Å². The molecule has 1 aromatic rings. The summed E-state index contributed by atoms with van der Waals surface area (Å²) in [6.45, 7) is 0.316. The first-order chi connectivity index (χ1) is 7.58. The van der Waals surface area contributed by atoms with Gasteiger partial charge in [0.25, 0.3) is 0 Å². The van der Waals surface area contributed by atoms with Crippen molar-refractivity contribution in [3.05, 3.63) is 34.3 Å². The zero-order valence-electron chi connectivity index (χ0n) is 9.64. The van der Waals surface area contributed by atoms with Gasteiger partial charge in [-0.15, -0.1) is 0 Å².